The molecular weight excluding hydrogens is 260 g/mol. The van der Waals surface area contributed by atoms with E-state index in [4.69, 9.17) is 5.11 Å². The first kappa shape index (κ1) is 12.4. The molecule has 2 N–H and O–H groups in total. The number of carbonyl (C=O) groups excluding carboxylic acids is 1. The van der Waals surface area contributed by atoms with E-state index in [0.717, 1.165) is 4.47 Å². The number of hydrogen-bond donors (Lipinski definition) is 2. The fourth-order valence-electron chi connectivity index (χ4n) is 1.27. The molecule has 0 heterocycles. The van der Waals surface area contributed by atoms with Gasteiger partial charge in [0.05, 0.1) is 6.10 Å². The fraction of sp³-hybridized carbons (Fsp3) is 0.364. The molecule has 1 aromatic carbocycles. The van der Waals surface area contributed by atoms with E-state index >= 15 is 0 Å². The SMILES string of the molecule is CC(C(=O)CO)C(O)c1ccc(Br)cc1. The summed E-state index contributed by atoms with van der Waals surface area (Å²) in [6.45, 7) is 1.07. The lowest BCUT2D eigenvalue weighted by molar-refractivity contribution is -0.128. The molecule has 4 heteroatoms. The average molecular weight is 273 g/mol. The van der Waals surface area contributed by atoms with Crippen LogP contribution in [0.2, 0.25) is 0 Å². The highest BCUT2D eigenvalue weighted by molar-refractivity contribution is 9.10. The van der Waals surface area contributed by atoms with Gasteiger partial charge < -0.3 is 10.2 Å². The van der Waals surface area contributed by atoms with Gasteiger partial charge in [-0.15, -0.1) is 0 Å². The van der Waals surface area contributed by atoms with Gasteiger partial charge in [0.15, 0.2) is 5.78 Å². The number of halogens is 1. The molecule has 0 saturated carbocycles. The van der Waals surface area contributed by atoms with E-state index in [1.807, 2.05) is 0 Å². The van der Waals surface area contributed by atoms with Crippen LogP contribution in [-0.2, 0) is 4.79 Å². The first-order valence-corrected chi connectivity index (χ1v) is 5.42. The lowest BCUT2D eigenvalue weighted by Gasteiger charge is -2.17. The Labute approximate surface area is 96.9 Å². The second-order valence-electron chi connectivity index (χ2n) is 3.41. The van der Waals surface area contributed by atoms with Crippen molar-refractivity contribution in [2.24, 2.45) is 5.92 Å². The molecule has 0 fully saturated rings. The van der Waals surface area contributed by atoms with E-state index in [2.05, 4.69) is 15.9 Å². The summed E-state index contributed by atoms with van der Waals surface area (Å²) in [4.78, 5) is 11.2. The van der Waals surface area contributed by atoms with E-state index in [0.29, 0.717) is 5.56 Å². The first-order valence-electron chi connectivity index (χ1n) is 4.63. The fourth-order valence-corrected chi connectivity index (χ4v) is 1.53. The minimum Gasteiger partial charge on any atom is -0.389 e. The van der Waals surface area contributed by atoms with Crippen molar-refractivity contribution in [3.8, 4) is 0 Å². The Hall–Kier alpha value is -0.710. The average Bonchev–Trinajstić information content (AvgIpc) is 2.27. The van der Waals surface area contributed by atoms with E-state index in [-0.39, 0.29) is 5.78 Å². The number of Topliss-reactive ketones (excluding diaryl/α,β-unsaturated/α-hetero) is 1. The lowest BCUT2D eigenvalue weighted by atomic mass is 9.94. The van der Waals surface area contributed by atoms with Crippen molar-refractivity contribution in [1.82, 2.24) is 0 Å². The zero-order chi connectivity index (χ0) is 11.4. The van der Waals surface area contributed by atoms with Crippen LogP contribution in [0.4, 0.5) is 0 Å². The van der Waals surface area contributed by atoms with Crippen LogP contribution < -0.4 is 0 Å². The number of ketones is 1. The third-order valence-electron chi connectivity index (χ3n) is 2.35. The molecule has 0 aliphatic carbocycles. The van der Waals surface area contributed by atoms with Crippen LogP contribution >= 0.6 is 15.9 Å². The van der Waals surface area contributed by atoms with Crippen molar-refractivity contribution >= 4 is 21.7 Å². The highest BCUT2D eigenvalue weighted by Gasteiger charge is 2.22. The van der Waals surface area contributed by atoms with E-state index in [1.54, 1.807) is 31.2 Å². The summed E-state index contributed by atoms with van der Waals surface area (Å²) in [5.41, 5.74) is 0.674. The van der Waals surface area contributed by atoms with E-state index < -0.39 is 18.6 Å². The number of benzene rings is 1. The molecule has 3 nitrogen and oxygen atoms in total. The van der Waals surface area contributed by atoms with Gasteiger partial charge in [0.1, 0.15) is 6.61 Å². The van der Waals surface area contributed by atoms with Crippen molar-refractivity contribution in [2.45, 2.75) is 13.0 Å². The van der Waals surface area contributed by atoms with Crippen molar-refractivity contribution < 1.29 is 15.0 Å². The van der Waals surface area contributed by atoms with Gasteiger partial charge in [0.2, 0.25) is 0 Å². The van der Waals surface area contributed by atoms with Crippen molar-refractivity contribution in [1.29, 1.82) is 0 Å². The third-order valence-corrected chi connectivity index (χ3v) is 2.88. The molecule has 0 bridgehead atoms. The molecule has 0 aliphatic rings. The molecule has 2 atom stereocenters. The van der Waals surface area contributed by atoms with Crippen LogP contribution in [0.15, 0.2) is 28.7 Å². The predicted octanol–water partition coefficient (Wildman–Crippen LogP) is 1.68. The van der Waals surface area contributed by atoms with Gasteiger partial charge in [-0.2, -0.15) is 0 Å². The standard InChI is InChI=1S/C11H13BrO3/c1-7(10(14)6-13)11(15)8-2-4-9(12)5-3-8/h2-5,7,11,13,15H,6H2,1H3. The maximum atomic E-state index is 11.2. The van der Waals surface area contributed by atoms with E-state index in [9.17, 15) is 9.90 Å². The number of aliphatic hydroxyl groups is 2. The molecule has 82 valence electrons. The highest BCUT2D eigenvalue weighted by atomic mass is 79.9. The molecule has 0 amide bonds. The largest absolute Gasteiger partial charge is 0.389 e. The van der Waals surface area contributed by atoms with Gasteiger partial charge >= 0.3 is 0 Å². The van der Waals surface area contributed by atoms with Crippen molar-refractivity contribution in [3.05, 3.63) is 34.3 Å². The van der Waals surface area contributed by atoms with Gasteiger partial charge in [-0.1, -0.05) is 35.0 Å². The van der Waals surface area contributed by atoms with Crippen molar-refractivity contribution in [3.63, 3.8) is 0 Å². The molecule has 15 heavy (non-hydrogen) atoms. The van der Waals surface area contributed by atoms with Gasteiger partial charge in [0.25, 0.3) is 0 Å². The Morgan fingerprint density at radius 3 is 2.40 bits per heavy atom. The van der Waals surface area contributed by atoms with Crippen molar-refractivity contribution in [2.75, 3.05) is 6.61 Å². The molecule has 0 radical (unpaired) electrons. The zero-order valence-corrected chi connectivity index (χ0v) is 9.94. The summed E-state index contributed by atoms with van der Waals surface area (Å²) in [5, 5.41) is 18.5. The van der Waals surface area contributed by atoms with Crippen LogP contribution in [0, 0.1) is 5.92 Å². The summed E-state index contributed by atoms with van der Waals surface area (Å²) in [6.07, 6.45) is -0.863. The Kier molecular flexibility index (Phi) is 4.45. The lowest BCUT2D eigenvalue weighted by Crippen LogP contribution is -2.22. The Balaban J connectivity index is 2.80. The summed E-state index contributed by atoms with van der Waals surface area (Å²) in [7, 11) is 0. The number of rotatable bonds is 4. The molecule has 0 spiro atoms. The molecule has 2 unspecified atom stereocenters. The second kappa shape index (κ2) is 5.39. The summed E-state index contributed by atoms with van der Waals surface area (Å²) in [6, 6.07) is 7.09. The third kappa shape index (κ3) is 3.12. The molecule has 0 aliphatic heterocycles. The summed E-state index contributed by atoms with van der Waals surface area (Å²) in [5.74, 6) is -0.943. The molecule has 1 aromatic rings. The second-order valence-corrected chi connectivity index (χ2v) is 4.33. The minimum absolute atomic E-state index is 0.356. The summed E-state index contributed by atoms with van der Waals surface area (Å²) >= 11 is 3.29. The highest BCUT2D eigenvalue weighted by Crippen LogP contribution is 2.23. The maximum absolute atomic E-state index is 11.2. The maximum Gasteiger partial charge on any atom is 0.163 e. The number of hydrogen-bond acceptors (Lipinski definition) is 3. The van der Waals surface area contributed by atoms with Crippen LogP contribution in [0.3, 0.4) is 0 Å². The Morgan fingerprint density at radius 1 is 1.40 bits per heavy atom. The predicted molar refractivity (Wildman–Crippen MR) is 60.4 cm³/mol. The number of carbonyl (C=O) groups is 1. The Bertz CT molecular complexity index is 334. The van der Waals surface area contributed by atoms with Gasteiger partial charge in [-0.25, -0.2) is 0 Å². The minimum atomic E-state index is -0.863. The van der Waals surface area contributed by atoms with Crippen LogP contribution in [0.1, 0.15) is 18.6 Å². The number of aliphatic hydroxyl groups excluding tert-OH is 2. The van der Waals surface area contributed by atoms with Crippen LogP contribution in [0.5, 0.6) is 0 Å². The Morgan fingerprint density at radius 2 is 1.93 bits per heavy atom. The molecule has 0 aromatic heterocycles. The quantitative estimate of drug-likeness (QED) is 0.877. The topological polar surface area (TPSA) is 57.5 Å². The van der Waals surface area contributed by atoms with E-state index in [1.165, 1.54) is 0 Å². The van der Waals surface area contributed by atoms with Gasteiger partial charge in [-0.05, 0) is 17.7 Å². The molecule has 1 rings (SSSR count). The van der Waals surface area contributed by atoms with Crippen LogP contribution in [0.25, 0.3) is 0 Å². The first-order chi connectivity index (χ1) is 7.06. The monoisotopic (exact) mass is 272 g/mol. The van der Waals surface area contributed by atoms with Crippen LogP contribution in [-0.4, -0.2) is 22.6 Å². The zero-order valence-electron chi connectivity index (χ0n) is 8.35. The smallest absolute Gasteiger partial charge is 0.163 e. The molecular formula is C11H13BrO3. The van der Waals surface area contributed by atoms with Gasteiger partial charge in [-0.3, -0.25) is 4.79 Å². The molecule has 0 saturated heterocycles. The summed E-state index contributed by atoms with van der Waals surface area (Å²) < 4.78 is 0.916. The normalized spacial score (nSPS) is 14.7. The van der Waals surface area contributed by atoms with Gasteiger partial charge in [0, 0.05) is 10.4 Å².